The lowest BCUT2D eigenvalue weighted by molar-refractivity contribution is -0.0681. The smallest absolute Gasteiger partial charge is 0.0581 e. The third-order valence-corrected chi connectivity index (χ3v) is 4.19. The Kier molecular flexibility index (Phi) is 2.78. The Balaban J connectivity index is 2.82. The summed E-state index contributed by atoms with van der Waals surface area (Å²) in [6.45, 7) is 11.8. The Hall–Kier alpha value is -0.0400. The van der Waals surface area contributed by atoms with Crippen LogP contribution in [0.5, 0.6) is 0 Å². The van der Waals surface area contributed by atoms with Gasteiger partial charge in [-0.3, -0.25) is 0 Å². The van der Waals surface area contributed by atoms with Gasteiger partial charge < -0.3 is 4.74 Å². The van der Waals surface area contributed by atoms with E-state index in [1.165, 1.54) is 12.8 Å². The highest BCUT2D eigenvalue weighted by Gasteiger charge is 2.44. The third kappa shape index (κ3) is 2.07. The summed E-state index contributed by atoms with van der Waals surface area (Å²) in [7, 11) is 1.84. The molecule has 0 aromatic carbocycles. The van der Waals surface area contributed by atoms with E-state index in [4.69, 9.17) is 4.74 Å². The summed E-state index contributed by atoms with van der Waals surface area (Å²) in [6, 6.07) is 0. The van der Waals surface area contributed by atoms with E-state index in [1.807, 2.05) is 7.11 Å². The molecule has 0 amide bonds. The molecule has 1 fully saturated rings. The van der Waals surface area contributed by atoms with E-state index in [-0.39, 0.29) is 0 Å². The van der Waals surface area contributed by atoms with Crippen molar-refractivity contribution in [3.05, 3.63) is 0 Å². The number of hydrogen-bond donors (Lipinski definition) is 0. The topological polar surface area (TPSA) is 9.23 Å². The van der Waals surface area contributed by atoms with Gasteiger partial charge in [-0.1, -0.05) is 34.6 Å². The molecule has 0 saturated heterocycles. The average molecular weight is 184 g/mol. The molecular weight excluding hydrogens is 160 g/mol. The zero-order valence-electron chi connectivity index (χ0n) is 9.98. The Bertz CT molecular complexity index is 164. The van der Waals surface area contributed by atoms with E-state index in [9.17, 15) is 0 Å². The Morgan fingerprint density at radius 3 is 1.69 bits per heavy atom. The van der Waals surface area contributed by atoms with Gasteiger partial charge in [0.15, 0.2) is 0 Å². The Labute approximate surface area is 82.9 Å². The second kappa shape index (κ2) is 3.27. The quantitative estimate of drug-likeness (QED) is 0.606. The zero-order valence-corrected chi connectivity index (χ0v) is 9.98. The van der Waals surface area contributed by atoms with E-state index in [0.717, 1.165) is 5.92 Å². The van der Waals surface area contributed by atoms with Crippen LogP contribution in [0.2, 0.25) is 0 Å². The summed E-state index contributed by atoms with van der Waals surface area (Å²) >= 11 is 0. The summed E-state index contributed by atoms with van der Waals surface area (Å²) in [6.07, 6.45) is 2.86. The summed E-state index contributed by atoms with van der Waals surface area (Å²) in [4.78, 5) is 0. The van der Waals surface area contributed by atoms with Gasteiger partial charge in [0.05, 0.1) is 6.10 Å². The lowest BCUT2D eigenvalue weighted by Gasteiger charge is -2.50. The number of ether oxygens (including phenoxy) is 1. The van der Waals surface area contributed by atoms with Gasteiger partial charge in [0, 0.05) is 7.11 Å². The van der Waals surface area contributed by atoms with Crippen molar-refractivity contribution < 1.29 is 4.74 Å². The largest absolute Gasteiger partial charge is 0.381 e. The van der Waals surface area contributed by atoms with Gasteiger partial charge in [0.25, 0.3) is 0 Å². The van der Waals surface area contributed by atoms with E-state index in [2.05, 4.69) is 34.6 Å². The predicted molar refractivity (Wildman–Crippen MR) is 56.8 cm³/mol. The van der Waals surface area contributed by atoms with Crippen molar-refractivity contribution in [3.63, 3.8) is 0 Å². The van der Waals surface area contributed by atoms with Gasteiger partial charge in [-0.2, -0.15) is 0 Å². The molecule has 0 radical (unpaired) electrons. The molecule has 1 aliphatic rings. The molecule has 1 rings (SSSR count). The molecule has 1 saturated carbocycles. The van der Waals surface area contributed by atoms with Crippen LogP contribution in [-0.4, -0.2) is 13.2 Å². The average Bonchev–Trinajstić information content (AvgIpc) is 1.99. The summed E-state index contributed by atoms with van der Waals surface area (Å²) in [5.41, 5.74) is 0.838. The van der Waals surface area contributed by atoms with E-state index in [1.54, 1.807) is 0 Å². The van der Waals surface area contributed by atoms with E-state index in [0.29, 0.717) is 16.9 Å². The highest BCUT2D eigenvalue weighted by molar-refractivity contribution is 4.94. The van der Waals surface area contributed by atoms with Gasteiger partial charge in [-0.15, -0.1) is 0 Å². The van der Waals surface area contributed by atoms with Crippen molar-refractivity contribution in [1.82, 2.24) is 0 Å². The minimum absolute atomic E-state index is 0.419. The number of hydrogen-bond acceptors (Lipinski definition) is 1. The molecule has 0 bridgehead atoms. The van der Waals surface area contributed by atoms with Crippen LogP contribution >= 0.6 is 0 Å². The molecule has 1 nitrogen and oxygen atoms in total. The molecule has 0 atom stereocenters. The van der Waals surface area contributed by atoms with Crippen molar-refractivity contribution in [3.8, 4) is 0 Å². The van der Waals surface area contributed by atoms with Crippen LogP contribution in [0.1, 0.15) is 47.5 Å². The van der Waals surface area contributed by atoms with Gasteiger partial charge in [-0.05, 0) is 29.6 Å². The minimum Gasteiger partial charge on any atom is -0.381 e. The fourth-order valence-electron chi connectivity index (χ4n) is 2.82. The summed E-state index contributed by atoms with van der Waals surface area (Å²) in [5, 5.41) is 0. The lowest BCUT2D eigenvalue weighted by atomic mass is 9.57. The highest BCUT2D eigenvalue weighted by Crippen LogP contribution is 2.50. The molecular formula is C12H24O. The first kappa shape index (κ1) is 11.0. The summed E-state index contributed by atoms with van der Waals surface area (Å²) in [5.74, 6) is 0.770. The lowest BCUT2D eigenvalue weighted by Crippen LogP contribution is -2.44. The Morgan fingerprint density at radius 1 is 1.00 bits per heavy atom. The predicted octanol–water partition coefficient (Wildman–Crippen LogP) is 3.48. The standard InChI is InChI=1S/C12H24O/c1-9-11(2,3)7-10(13-6)8-12(9,4)5/h9-10H,7-8H2,1-6H3. The second-order valence-electron chi connectivity index (χ2n) is 5.96. The van der Waals surface area contributed by atoms with Crippen molar-refractivity contribution >= 4 is 0 Å². The molecule has 13 heavy (non-hydrogen) atoms. The van der Waals surface area contributed by atoms with Crippen LogP contribution in [0.4, 0.5) is 0 Å². The van der Waals surface area contributed by atoms with Crippen LogP contribution in [0.3, 0.4) is 0 Å². The molecule has 0 heterocycles. The summed E-state index contributed by atoms with van der Waals surface area (Å²) < 4.78 is 5.51. The monoisotopic (exact) mass is 184 g/mol. The molecule has 0 aromatic rings. The van der Waals surface area contributed by atoms with Crippen molar-refractivity contribution in [2.45, 2.75) is 53.6 Å². The normalized spacial score (nSPS) is 37.4. The maximum atomic E-state index is 5.51. The van der Waals surface area contributed by atoms with Gasteiger partial charge in [-0.25, -0.2) is 0 Å². The maximum Gasteiger partial charge on any atom is 0.0581 e. The molecule has 1 aliphatic carbocycles. The molecule has 78 valence electrons. The minimum atomic E-state index is 0.419. The maximum absolute atomic E-state index is 5.51. The van der Waals surface area contributed by atoms with Gasteiger partial charge in [0.1, 0.15) is 0 Å². The first-order chi connectivity index (χ1) is 5.79. The van der Waals surface area contributed by atoms with Crippen LogP contribution in [0, 0.1) is 16.7 Å². The van der Waals surface area contributed by atoms with E-state index < -0.39 is 0 Å². The van der Waals surface area contributed by atoms with E-state index >= 15 is 0 Å². The molecule has 0 unspecified atom stereocenters. The first-order valence-electron chi connectivity index (χ1n) is 5.32. The van der Waals surface area contributed by atoms with Gasteiger partial charge in [0.2, 0.25) is 0 Å². The third-order valence-electron chi connectivity index (χ3n) is 4.19. The molecule has 0 aromatic heterocycles. The SMILES string of the molecule is COC1CC(C)(C)C(C)C(C)(C)C1. The fourth-order valence-corrected chi connectivity index (χ4v) is 2.82. The van der Waals surface area contributed by atoms with Crippen molar-refractivity contribution in [1.29, 1.82) is 0 Å². The Morgan fingerprint density at radius 2 is 1.38 bits per heavy atom. The zero-order chi connectivity index (χ0) is 10.3. The van der Waals surface area contributed by atoms with Gasteiger partial charge >= 0.3 is 0 Å². The molecule has 0 spiro atoms. The molecule has 0 N–H and O–H groups in total. The van der Waals surface area contributed by atoms with Crippen LogP contribution in [-0.2, 0) is 4.74 Å². The van der Waals surface area contributed by atoms with Crippen LogP contribution < -0.4 is 0 Å². The van der Waals surface area contributed by atoms with Crippen molar-refractivity contribution in [2.24, 2.45) is 16.7 Å². The molecule has 1 heteroatoms. The first-order valence-corrected chi connectivity index (χ1v) is 5.32. The number of methoxy groups -OCH3 is 1. The molecule has 0 aliphatic heterocycles. The highest BCUT2D eigenvalue weighted by atomic mass is 16.5. The number of rotatable bonds is 1. The van der Waals surface area contributed by atoms with Crippen LogP contribution in [0.15, 0.2) is 0 Å². The van der Waals surface area contributed by atoms with Crippen molar-refractivity contribution in [2.75, 3.05) is 7.11 Å². The fraction of sp³-hybridized carbons (Fsp3) is 1.00. The second-order valence-corrected chi connectivity index (χ2v) is 5.96. The van der Waals surface area contributed by atoms with Crippen LogP contribution in [0.25, 0.3) is 0 Å².